The molecule has 5 nitrogen and oxygen atoms in total. The van der Waals surface area contributed by atoms with Crippen LogP contribution in [0.5, 0.6) is 0 Å². The van der Waals surface area contributed by atoms with E-state index < -0.39 is 0 Å². The molecule has 7 heteroatoms. The number of hydrogen-bond donors (Lipinski definition) is 3. The SMILES string of the molecule is CC(C)CCN=C(N)NCCNC(=O)Cc1ccc(F)cc1.I. The van der Waals surface area contributed by atoms with Gasteiger partial charge in [0.15, 0.2) is 5.96 Å². The van der Waals surface area contributed by atoms with E-state index in [-0.39, 0.29) is 42.1 Å². The summed E-state index contributed by atoms with van der Waals surface area (Å²) in [6.07, 6.45) is 1.23. The van der Waals surface area contributed by atoms with Crippen molar-refractivity contribution in [2.75, 3.05) is 19.6 Å². The lowest BCUT2D eigenvalue weighted by Crippen LogP contribution is -2.38. The molecule has 0 spiro atoms. The summed E-state index contributed by atoms with van der Waals surface area (Å²) in [4.78, 5) is 15.9. The molecule has 0 fully saturated rings. The van der Waals surface area contributed by atoms with Gasteiger partial charge in [-0.15, -0.1) is 24.0 Å². The predicted molar refractivity (Wildman–Crippen MR) is 102 cm³/mol. The Labute approximate surface area is 154 Å². The van der Waals surface area contributed by atoms with E-state index in [4.69, 9.17) is 5.73 Å². The first-order chi connectivity index (χ1) is 10.5. The monoisotopic (exact) mass is 436 g/mol. The second kappa shape index (κ2) is 12.1. The van der Waals surface area contributed by atoms with Gasteiger partial charge in [0.25, 0.3) is 0 Å². The van der Waals surface area contributed by atoms with E-state index in [1.807, 2.05) is 0 Å². The summed E-state index contributed by atoms with van der Waals surface area (Å²) in [6.45, 7) is 5.95. The van der Waals surface area contributed by atoms with E-state index in [0.29, 0.717) is 31.5 Å². The first-order valence-electron chi connectivity index (χ1n) is 7.52. The topological polar surface area (TPSA) is 79.5 Å². The highest BCUT2D eigenvalue weighted by atomic mass is 127. The van der Waals surface area contributed by atoms with Crippen molar-refractivity contribution in [2.45, 2.75) is 26.7 Å². The zero-order valence-electron chi connectivity index (χ0n) is 13.6. The van der Waals surface area contributed by atoms with Crippen LogP contribution in [0.15, 0.2) is 29.3 Å². The molecule has 0 aromatic heterocycles. The molecule has 0 unspecified atom stereocenters. The molecule has 0 saturated carbocycles. The van der Waals surface area contributed by atoms with E-state index in [1.54, 1.807) is 12.1 Å². The molecule has 0 bridgehead atoms. The van der Waals surface area contributed by atoms with Crippen LogP contribution in [0.25, 0.3) is 0 Å². The Balaban J connectivity index is 0.00000484. The van der Waals surface area contributed by atoms with Crippen LogP contribution in [0.3, 0.4) is 0 Å². The summed E-state index contributed by atoms with van der Waals surface area (Å²) < 4.78 is 12.7. The van der Waals surface area contributed by atoms with Crippen molar-refractivity contribution in [1.29, 1.82) is 0 Å². The minimum absolute atomic E-state index is 0. The van der Waals surface area contributed by atoms with E-state index in [9.17, 15) is 9.18 Å². The first-order valence-corrected chi connectivity index (χ1v) is 7.52. The number of nitrogens with one attached hydrogen (secondary N) is 2. The van der Waals surface area contributed by atoms with Gasteiger partial charge < -0.3 is 16.4 Å². The summed E-state index contributed by atoms with van der Waals surface area (Å²) in [5, 5.41) is 5.72. The van der Waals surface area contributed by atoms with Crippen LogP contribution < -0.4 is 16.4 Å². The Bertz CT molecular complexity index is 491. The van der Waals surface area contributed by atoms with Gasteiger partial charge in [0.2, 0.25) is 5.91 Å². The Kier molecular flexibility index (Phi) is 11.4. The third kappa shape index (κ3) is 10.9. The third-order valence-corrected chi connectivity index (χ3v) is 3.02. The minimum atomic E-state index is -0.305. The summed E-state index contributed by atoms with van der Waals surface area (Å²) in [6, 6.07) is 5.90. The fraction of sp³-hybridized carbons (Fsp3) is 0.500. The largest absolute Gasteiger partial charge is 0.370 e. The van der Waals surface area contributed by atoms with Crippen LogP contribution >= 0.6 is 24.0 Å². The van der Waals surface area contributed by atoms with Gasteiger partial charge in [-0.05, 0) is 30.0 Å². The molecule has 0 heterocycles. The van der Waals surface area contributed by atoms with E-state index >= 15 is 0 Å². The fourth-order valence-electron chi connectivity index (χ4n) is 1.74. The summed E-state index contributed by atoms with van der Waals surface area (Å²) in [5.41, 5.74) is 6.48. The maximum absolute atomic E-state index is 12.7. The van der Waals surface area contributed by atoms with Crippen molar-refractivity contribution >= 4 is 35.8 Å². The number of nitrogens with two attached hydrogens (primary N) is 1. The maximum Gasteiger partial charge on any atom is 0.224 e. The molecular weight excluding hydrogens is 410 g/mol. The quantitative estimate of drug-likeness (QED) is 0.253. The average Bonchev–Trinajstić information content (AvgIpc) is 2.46. The molecule has 1 aromatic rings. The molecule has 0 saturated heterocycles. The van der Waals surface area contributed by atoms with Crippen molar-refractivity contribution in [3.05, 3.63) is 35.6 Å². The highest BCUT2D eigenvalue weighted by molar-refractivity contribution is 14.0. The van der Waals surface area contributed by atoms with Crippen LogP contribution in [-0.2, 0) is 11.2 Å². The van der Waals surface area contributed by atoms with E-state index in [2.05, 4.69) is 29.5 Å². The molecular formula is C16H26FIN4O. The Morgan fingerprint density at radius 1 is 1.22 bits per heavy atom. The van der Waals surface area contributed by atoms with Gasteiger partial charge in [0.05, 0.1) is 6.42 Å². The smallest absolute Gasteiger partial charge is 0.224 e. The lowest BCUT2D eigenvalue weighted by atomic mass is 10.1. The molecule has 0 aliphatic carbocycles. The van der Waals surface area contributed by atoms with Gasteiger partial charge in [-0.2, -0.15) is 0 Å². The fourth-order valence-corrected chi connectivity index (χ4v) is 1.74. The van der Waals surface area contributed by atoms with Crippen LogP contribution in [0.2, 0.25) is 0 Å². The zero-order chi connectivity index (χ0) is 16.4. The number of aliphatic imine (C=N–C) groups is 1. The van der Waals surface area contributed by atoms with Gasteiger partial charge >= 0.3 is 0 Å². The molecule has 1 aromatic carbocycles. The molecule has 1 rings (SSSR count). The summed E-state index contributed by atoms with van der Waals surface area (Å²) >= 11 is 0. The van der Waals surface area contributed by atoms with Crippen molar-refractivity contribution in [2.24, 2.45) is 16.6 Å². The molecule has 0 aliphatic heterocycles. The number of carbonyl (C=O) groups is 1. The number of carbonyl (C=O) groups excluding carboxylic acids is 1. The standard InChI is InChI=1S/C16H25FN4O.HI/c1-12(2)7-8-20-16(18)21-10-9-19-15(22)11-13-3-5-14(17)6-4-13;/h3-6,12H,7-11H2,1-2H3,(H,19,22)(H3,18,20,21);1H. The number of rotatable bonds is 8. The third-order valence-electron chi connectivity index (χ3n) is 3.02. The molecule has 130 valence electrons. The second-order valence-electron chi connectivity index (χ2n) is 5.53. The highest BCUT2D eigenvalue weighted by Crippen LogP contribution is 2.03. The van der Waals surface area contributed by atoms with Crippen LogP contribution in [-0.4, -0.2) is 31.5 Å². The number of guanidine groups is 1. The molecule has 0 radical (unpaired) electrons. The van der Waals surface area contributed by atoms with Gasteiger partial charge in [-0.3, -0.25) is 9.79 Å². The number of amides is 1. The van der Waals surface area contributed by atoms with Gasteiger partial charge in [-0.25, -0.2) is 4.39 Å². The summed E-state index contributed by atoms with van der Waals surface area (Å²) in [7, 11) is 0. The lowest BCUT2D eigenvalue weighted by Gasteiger charge is -2.08. The molecule has 4 N–H and O–H groups in total. The molecule has 0 atom stereocenters. The number of halogens is 2. The Hall–Kier alpha value is -1.38. The normalized spacial score (nSPS) is 11.0. The van der Waals surface area contributed by atoms with Crippen LogP contribution in [0, 0.1) is 11.7 Å². The van der Waals surface area contributed by atoms with E-state index in [0.717, 1.165) is 12.0 Å². The van der Waals surface area contributed by atoms with Crippen molar-refractivity contribution in [3.8, 4) is 0 Å². The van der Waals surface area contributed by atoms with Gasteiger partial charge in [0, 0.05) is 19.6 Å². The molecule has 23 heavy (non-hydrogen) atoms. The number of benzene rings is 1. The highest BCUT2D eigenvalue weighted by Gasteiger charge is 2.03. The van der Waals surface area contributed by atoms with Crippen molar-refractivity contribution in [3.63, 3.8) is 0 Å². The van der Waals surface area contributed by atoms with Crippen LogP contribution in [0.1, 0.15) is 25.8 Å². The van der Waals surface area contributed by atoms with Crippen molar-refractivity contribution < 1.29 is 9.18 Å². The zero-order valence-corrected chi connectivity index (χ0v) is 16.0. The molecule has 1 amide bonds. The second-order valence-corrected chi connectivity index (χ2v) is 5.53. The molecule has 0 aliphatic rings. The predicted octanol–water partition coefficient (Wildman–Crippen LogP) is 2.05. The first kappa shape index (κ1) is 21.6. The lowest BCUT2D eigenvalue weighted by molar-refractivity contribution is -0.120. The van der Waals surface area contributed by atoms with Gasteiger partial charge in [-0.1, -0.05) is 26.0 Å². The number of nitrogens with zero attached hydrogens (tertiary/aromatic N) is 1. The van der Waals surface area contributed by atoms with Crippen molar-refractivity contribution in [1.82, 2.24) is 10.6 Å². The summed E-state index contributed by atoms with van der Waals surface area (Å²) in [5.74, 6) is 0.583. The number of hydrogen-bond acceptors (Lipinski definition) is 2. The van der Waals surface area contributed by atoms with Gasteiger partial charge in [0.1, 0.15) is 5.82 Å². The maximum atomic E-state index is 12.7. The Morgan fingerprint density at radius 3 is 2.43 bits per heavy atom. The average molecular weight is 436 g/mol. The minimum Gasteiger partial charge on any atom is -0.370 e. The Morgan fingerprint density at radius 2 is 1.83 bits per heavy atom. The van der Waals surface area contributed by atoms with E-state index in [1.165, 1.54) is 12.1 Å². The van der Waals surface area contributed by atoms with Crippen LogP contribution in [0.4, 0.5) is 4.39 Å².